The van der Waals surface area contributed by atoms with Crippen LogP contribution in [0.15, 0.2) is 67.0 Å². The fraction of sp³-hybridized carbons (Fsp3) is 0.242. The summed E-state index contributed by atoms with van der Waals surface area (Å²) in [6.07, 6.45) is 5.46. The molecule has 0 bridgehead atoms. The van der Waals surface area contributed by atoms with Gasteiger partial charge in [-0.1, -0.05) is 48.0 Å². The van der Waals surface area contributed by atoms with Crippen LogP contribution in [0.25, 0.3) is 39.1 Å². The van der Waals surface area contributed by atoms with Crippen molar-refractivity contribution in [2.75, 3.05) is 27.3 Å². The Morgan fingerprint density at radius 3 is 2.57 bits per heavy atom. The van der Waals surface area contributed by atoms with Crippen LogP contribution in [0.1, 0.15) is 28.8 Å². The minimum atomic E-state index is -0.0740. The number of ether oxygens (including phenoxy) is 2. The van der Waals surface area contributed by atoms with Gasteiger partial charge in [-0.3, -0.25) is 14.5 Å². The number of amides is 1. The Kier molecular flexibility index (Phi) is 7.02. The smallest absolute Gasteiger partial charge is 0.220 e. The minimum absolute atomic E-state index is 0.0740. The number of likely N-dealkylation sites (tertiary alicyclic amines) is 1. The third-order valence-corrected chi connectivity index (χ3v) is 8.84. The quantitative estimate of drug-likeness (QED) is 0.242. The van der Waals surface area contributed by atoms with Crippen LogP contribution >= 0.6 is 11.6 Å². The van der Waals surface area contributed by atoms with Gasteiger partial charge >= 0.3 is 0 Å². The molecule has 2 aliphatic rings. The first-order valence-corrected chi connectivity index (χ1v) is 14.6. The molecule has 0 atom stereocenters. The normalized spacial score (nSPS) is 15.8. The fourth-order valence-electron chi connectivity index (χ4n) is 6.31. The maximum absolute atomic E-state index is 11.7. The molecule has 0 radical (unpaired) electrons. The number of hydrogen-bond acceptors (Lipinski definition) is 8. The van der Waals surface area contributed by atoms with E-state index in [2.05, 4.69) is 20.3 Å². The van der Waals surface area contributed by atoms with E-state index in [1.54, 1.807) is 24.1 Å². The zero-order chi connectivity index (χ0) is 30.4. The number of benzene rings is 2. The van der Waals surface area contributed by atoms with Crippen molar-refractivity contribution in [1.82, 2.24) is 30.0 Å². The summed E-state index contributed by atoms with van der Waals surface area (Å²) in [5.41, 5.74) is 5.33. The number of methoxy groups -OCH3 is 2. The Hall–Kier alpha value is -4.80. The molecule has 3 aromatic heterocycles. The predicted molar refractivity (Wildman–Crippen MR) is 166 cm³/mol. The van der Waals surface area contributed by atoms with Crippen LogP contribution in [0.3, 0.4) is 0 Å². The fourth-order valence-corrected chi connectivity index (χ4v) is 6.64. The van der Waals surface area contributed by atoms with Crippen molar-refractivity contribution in [3.05, 3.63) is 83.1 Å². The number of nitrogens with zero attached hydrogens (tertiary/aromatic N) is 5. The van der Waals surface area contributed by atoms with Crippen LogP contribution in [0, 0.1) is 0 Å². The molecule has 5 heterocycles. The number of aromatic nitrogens is 4. The van der Waals surface area contributed by atoms with E-state index < -0.39 is 0 Å². The number of pyridine rings is 2. The maximum Gasteiger partial charge on any atom is 0.220 e. The van der Waals surface area contributed by atoms with Crippen molar-refractivity contribution in [3.8, 4) is 39.8 Å². The molecule has 2 saturated heterocycles. The first-order valence-electron chi connectivity index (χ1n) is 14.2. The van der Waals surface area contributed by atoms with Crippen molar-refractivity contribution in [1.29, 1.82) is 0 Å². The van der Waals surface area contributed by atoms with E-state index in [0.29, 0.717) is 53.0 Å². The average molecular weight is 609 g/mol. The van der Waals surface area contributed by atoms with E-state index in [1.807, 2.05) is 48.5 Å². The second-order valence-electron chi connectivity index (χ2n) is 11.2. The summed E-state index contributed by atoms with van der Waals surface area (Å²) in [7, 11) is 3.13. The first-order chi connectivity index (χ1) is 21.4. The number of aldehydes is 1. The molecule has 7 rings (SSSR count). The van der Waals surface area contributed by atoms with Gasteiger partial charge in [-0.15, -0.1) is 0 Å². The van der Waals surface area contributed by atoms with Gasteiger partial charge in [-0.05, 0) is 24.1 Å². The third kappa shape index (κ3) is 4.76. The van der Waals surface area contributed by atoms with Crippen molar-refractivity contribution >= 4 is 34.7 Å². The number of fused-ring (bicyclic) bond motifs is 1. The first kappa shape index (κ1) is 28.0. The van der Waals surface area contributed by atoms with Gasteiger partial charge in [-0.25, -0.2) is 14.6 Å². The zero-order valence-corrected chi connectivity index (χ0v) is 25.0. The predicted octanol–water partition coefficient (Wildman–Crippen LogP) is 5.10. The summed E-state index contributed by atoms with van der Waals surface area (Å²) in [4.78, 5) is 34.6. The SMILES string of the molecule is COc1cc(-n2ncc3c(-c4cccc(-c5ccc(CN6CC7(CCC(=O)N7)C6)c(OC)n5)c4Cl)cccc32)ncc1C=O. The monoisotopic (exact) mass is 608 g/mol. The van der Waals surface area contributed by atoms with Crippen LogP contribution in [0.2, 0.25) is 5.02 Å². The van der Waals surface area contributed by atoms with Gasteiger partial charge in [-0.2, -0.15) is 5.10 Å². The molecule has 222 valence electrons. The lowest BCUT2D eigenvalue weighted by Crippen LogP contribution is -2.66. The number of carbonyl (C=O) groups is 2. The average Bonchev–Trinajstić information content (AvgIpc) is 3.65. The lowest BCUT2D eigenvalue weighted by Gasteiger charge is -2.48. The molecule has 1 N–H and O–H groups in total. The molecule has 11 heteroatoms. The zero-order valence-electron chi connectivity index (χ0n) is 24.2. The van der Waals surface area contributed by atoms with E-state index in [9.17, 15) is 9.59 Å². The molecule has 2 aromatic carbocycles. The molecule has 2 fully saturated rings. The van der Waals surface area contributed by atoms with E-state index in [1.165, 1.54) is 13.3 Å². The Morgan fingerprint density at radius 2 is 1.82 bits per heavy atom. The molecule has 0 saturated carbocycles. The summed E-state index contributed by atoms with van der Waals surface area (Å²) < 4.78 is 12.8. The summed E-state index contributed by atoms with van der Waals surface area (Å²) in [5.74, 6) is 1.63. The topological polar surface area (TPSA) is 111 Å². The van der Waals surface area contributed by atoms with Gasteiger partial charge in [0.2, 0.25) is 11.8 Å². The van der Waals surface area contributed by atoms with E-state index in [0.717, 1.165) is 52.7 Å². The van der Waals surface area contributed by atoms with Crippen LogP contribution in [-0.2, 0) is 11.3 Å². The molecule has 0 unspecified atom stereocenters. The third-order valence-electron chi connectivity index (χ3n) is 8.44. The molecule has 5 aromatic rings. The van der Waals surface area contributed by atoms with E-state index >= 15 is 0 Å². The van der Waals surface area contributed by atoms with Crippen molar-refractivity contribution in [2.45, 2.75) is 24.9 Å². The standard InChI is InChI=1S/C33H29ClN6O4/c1-43-28-13-29(35-14-21(28)17-41)40-27-8-4-5-22(25(27)15-36-40)23-6-3-7-24(31(23)34)26-10-9-20(32(37-26)44-2)16-39-18-33(19-39)12-11-30(42)38-33/h3-10,13-15,17H,11-12,16,18-19H2,1-2H3,(H,38,42). The highest BCUT2D eigenvalue weighted by atomic mass is 35.5. The van der Waals surface area contributed by atoms with Crippen molar-refractivity contribution in [3.63, 3.8) is 0 Å². The molecule has 44 heavy (non-hydrogen) atoms. The van der Waals surface area contributed by atoms with Crippen LogP contribution in [-0.4, -0.2) is 69.7 Å². The highest BCUT2D eigenvalue weighted by Gasteiger charge is 2.47. The Morgan fingerprint density at radius 1 is 1.02 bits per heavy atom. The molecule has 2 aliphatic heterocycles. The van der Waals surface area contributed by atoms with Crippen LogP contribution in [0.5, 0.6) is 11.6 Å². The lowest BCUT2D eigenvalue weighted by atomic mass is 9.88. The molecule has 0 aliphatic carbocycles. The molecular weight excluding hydrogens is 580 g/mol. The number of nitrogens with one attached hydrogen (secondary N) is 1. The van der Waals surface area contributed by atoms with Gasteiger partial charge in [0.15, 0.2) is 12.1 Å². The summed E-state index contributed by atoms with van der Waals surface area (Å²) in [6, 6.07) is 17.5. The van der Waals surface area contributed by atoms with Gasteiger partial charge in [0, 0.05) is 60.4 Å². The molecule has 10 nitrogen and oxygen atoms in total. The lowest BCUT2D eigenvalue weighted by molar-refractivity contribution is -0.120. The summed E-state index contributed by atoms with van der Waals surface area (Å²) in [5, 5.41) is 9.18. The summed E-state index contributed by atoms with van der Waals surface area (Å²) in [6.45, 7) is 2.34. The van der Waals surface area contributed by atoms with Gasteiger partial charge in [0.25, 0.3) is 0 Å². The highest BCUT2D eigenvalue weighted by molar-refractivity contribution is 6.36. The largest absolute Gasteiger partial charge is 0.496 e. The van der Waals surface area contributed by atoms with E-state index in [4.69, 9.17) is 26.1 Å². The maximum atomic E-state index is 11.7. The summed E-state index contributed by atoms with van der Waals surface area (Å²) >= 11 is 7.09. The number of hydrogen-bond donors (Lipinski definition) is 1. The van der Waals surface area contributed by atoms with Crippen LogP contribution < -0.4 is 14.8 Å². The minimum Gasteiger partial charge on any atom is -0.496 e. The van der Waals surface area contributed by atoms with Crippen molar-refractivity contribution < 1.29 is 19.1 Å². The van der Waals surface area contributed by atoms with E-state index in [-0.39, 0.29) is 11.4 Å². The van der Waals surface area contributed by atoms with Crippen molar-refractivity contribution in [2.24, 2.45) is 0 Å². The number of rotatable bonds is 8. The van der Waals surface area contributed by atoms with Gasteiger partial charge < -0.3 is 14.8 Å². The Labute approximate surface area is 258 Å². The Bertz CT molecular complexity index is 1930. The number of carbonyl (C=O) groups excluding carboxylic acids is 2. The van der Waals surface area contributed by atoms with Gasteiger partial charge in [0.05, 0.1) is 47.8 Å². The number of halogens is 1. The second kappa shape index (κ2) is 11.0. The van der Waals surface area contributed by atoms with Gasteiger partial charge in [0.1, 0.15) is 5.75 Å². The van der Waals surface area contributed by atoms with Crippen LogP contribution in [0.4, 0.5) is 0 Å². The molecule has 1 amide bonds. The highest BCUT2D eigenvalue weighted by Crippen LogP contribution is 2.40. The molecule has 1 spiro atoms. The molecular formula is C33H29ClN6O4. The Balaban J connectivity index is 1.19. The second-order valence-corrected chi connectivity index (χ2v) is 11.6.